The number of benzene rings is 1. The lowest BCUT2D eigenvalue weighted by Gasteiger charge is -2.32. The normalized spacial score (nSPS) is 14.5. The molecule has 2 aromatic heterocycles. The summed E-state index contributed by atoms with van der Waals surface area (Å²) >= 11 is 0. The van der Waals surface area contributed by atoms with E-state index in [0.717, 1.165) is 10.1 Å². The summed E-state index contributed by atoms with van der Waals surface area (Å²) in [6.07, 6.45) is 1.27. The summed E-state index contributed by atoms with van der Waals surface area (Å²) in [7, 11) is 2.93. The molecule has 1 aliphatic rings. The van der Waals surface area contributed by atoms with Gasteiger partial charge in [0.2, 0.25) is 0 Å². The minimum Gasteiger partial charge on any atom is -0.349 e. The first-order chi connectivity index (χ1) is 15.3. The van der Waals surface area contributed by atoms with Crippen molar-refractivity contribution in [2.75, 3.05) is 13.1 Å². The molecule has 1 aliphatic heterocycles. The predicted molar refractivity (Wildman–Crippen MR) is 120 cm³/mol. The van der Waals surface area contributed by atoms with Gasteiger partial charge in [-0.2, -0.15) is 0 Å². The second kappa shape index (κ2) is 8.41. The van der Waals surface area contributed by atoms with Gasteiger partial charge in [-0.05, 0) is 43.5 Å². The molecule has 1 N–H and O–H groups in total. The fraction of sp³-hybridized carbons (Fsp3) is 0.348. The van der Waals surface area contributed by atoms with Crippen molar-refractivity contribution in [3.8, 4) is 0 Å². The molecule has 9 heteroatoms. The molecule has 3 aromatic rings. The van der Waals surface area contributed by atoms with Crippen LogP contribution in [0.15, 0.2) is 46.0 Å². The molecule has 0 unspecified atom stereocenters. The molecule has 4 rings (SSSR count). The highest BCUT2D eigenvalue weighted by molar-refractivity contribution is 5.96. The van der Waals surface area contributed by atoms with E-state index in [-0.39, 0.29) is 34.6 Å². The highest BCUT2D eigenvalue weighted by Crippen LogP contribution is 2.16. The predicted octanol–water partition coefficient (Wildman–Crippen LogP) is 0.975. The Morgan fingerprint density at radius 1 is 1.00 bits per heavy atom. The molecular formula is C23H25N5O4. The summed E-state index contributed by atoms with van der Waals surface area (Å²) in [5.41, 5.74) is 1.00. The maximum absolute atomic E-state index is 13.0. The first-order valence-corrected chi connectivity index (χ1v) is 10.5. The molecule has 166 valence electrons. The Morgan fingerprint density at radius 2 is 1.69 bits per heavy atom. The molecule has 0 spiro atoms. The topological polar surface area (TPSA) is 106 Å². The number of aryl methyl sites for hydroxylation is 2. The lowest BCUT2D eigenvalue weighted by atomic mass is 10.0. The van der Waals surface area contributed by atoms with E-state index in [1.165, 1.54) is 30.8 Å². The Balaban J connectivity index is 1.46. The number of hydrogen-bond acceptors (Lipinski definition) is 5. The quantitative estimate of drug-likeness (QED) is 0.660. The van der Waals surface area contributed by atoms with Crippen LogP contribution in [0.2, 0.25) is 0 Å². The van der Waals surface area contributed by atoms with Gasteiger partial charge in [-0.1, -0.05) is 18.2 Å². The van der Waals surface area contributed by atoms with Gasteiger partial charge in [0.25, 0.3) is 17.4 Å². The molecule has 1 saturated heterocycles. The summed E-state index contributed by atoms with van der Waals surface area (Å²) in [6.45, 7) is 2.86. The maximum atomic E-state index is 13.0. The van der Waals surface area contributed by atoms with Crippen molar-refractivity contribution in [3.05, 3.63) is 74.1 Å². The second-order valence-corrected chi connectivity index (χ2v) is 8.13. The van der Waals surface area contributed by atoms with Crippen LogP contribution in [0, 0.1) is 6.92 Å². The van der Waals surface area contributed by atoms with Crippen LogP contribution < -0.4 is 16.6 Å². The Bertz CT molecular complexity index is 1330. The lowest BCUT2D eigenvalue weighted by molar-refractivity contribution is 0.0692. The van der Waals surface area contributed by atoms with Crippen LogP contribution in [0.3, 0.4) is 0 Å². The molecule has 32 heavy (non-hydrogen) atoms. The van der Waals surface area contributed by atoms with Crippen molar-refractivity contribution < 1.29 is 9.59 Å². The van der Waals surface area contributed by atoms with Crippen LogP contribution in [0.4, 0.5) is 0 Å². The number of likely N-dealkylation sites (tertiary alicyclic amines) is 1. The number of aromatic nitrogens is 3. The zero-order chi connectivity index (χ0) is 23.0. The molecule has 0 bridgehead atoms. The Morgan fingerprint density at radius 3 is 2.38 bits per heavy atom. The summed E-state index contributed by atoms with van der Waals surface area (Å²) in [6, 6.07) is 10.5. The molecule has 2 amide bonds. The number of piperidine rings is 1. The molecule has 0 saturated carbocycles. The molecule has 1 fully saturated rings. The first kappa shape index (κ1) is 21.5. The molecule has 9 nitrogen and oxygen atoms in total. The van der Waals surface area contributed by atoms with Gasteiger partial charge in [0, 0.05) is 38.8 Å². The van der Waals surface area contributed by atoms with Gasteiger partial charge in [0.15, 0.2) is 0 Å². The number of nitrogens with zero attached hydrogens (tertiary/aromatic N) is 4. The van der Waals surface area contributed by atoms with Crippen LogP contribution in [0.5, 0.6) is 0 Å². The van der Waals surface area contributed by atoms with Crippen molar-refractivity contribution in [2.45, 2.75) is 25.8 Å². The highest BCUT2D eigenvalue weighted by atomic mass is 16.2. The van der Waals surface area contributed by atoms with E-state index in [1.807, 2.05) is 25.1 Å². The van der Waals surface area contributed by atoms with Crippen molar-refractivity contribution in [3.63, 3.8) is 0 Å². The zero-order valence-electron chi connectivity index (χ0n) is 18.3. The minimum absolute atomic E-state index is 0.0143. The lowest BCUT2D eigenvalue weighted by Crippen LogP contribution is -2.46. The number of fused-ring (bicyclic) bond motifs is 1. The monoisotopic (exact) mass is 435 g/mol. The molecular weight excluding hydrogens is 410 g/mol. The average Bonchev–Trinajstić information content (AvgIpc) is 2.81. The third-order valence-corrected chi connectivity index (χ3v) is 6.03. The van der Waals surface area contributed by atoms with E-state index in [9.17, 15) is 19.2 Å². The number of nitrogens with one attached hydrogen (secondary N) is 1. The van der Waals surface area contributed by atoms with Gasteiger partial charge in [-0.25, -0.2) is 9.78 Å². The van der Waals surface area contributed by atoms with E-state index >= 15 is 0 Å². The highest BCUT2D eigenvalue weighted by Gasteiger charge is 2.26. The third-order valence-electron chi connectivity index (χ3n) is 6.03. The van der Waals surface area contributed by atoms with E-state index in [2.05, 4.69) is 10.3 Å². The number of rotatable bonds is 3. The Kier molecular flexibility index (Phi) is 5.65. The van der Waals surface area contributed by atoms with Crippen LogP contribution in [0.25, 0.3) is 11.0 Å². The zero-order valence-corrected chi connectivity index (χ0v) is 18.3. The SMILES string of the molecule is Cc1ccccc1C(=O)NC1CCN(C(=O)c2ccc3c(=O)n(C)c(=O)n(C)c3n2)CC1. The summed E-state index contributed by atoms with van der Waals surface area (Å²) < 4.78 is 2.28. The van der Waals surface area contributed by atoms with Crippen molar-refractivity contribution >= 4 is 22.8 Å². The van der Waals surface area contributed by atoms with Crippen molar-refractivity contribution in [2.24, 2.45) is 14.1 Å². The number of amides is 2. The molecule has 0 atom stereocenters. The van der Waals surface area contributed by atoms with Crippen LogP contribution in [-0.4, -0.2) is 50.0 Å². The second-order valence-electron chi connectivity index (χ2n) is 8.13. The van der Waals surface area contributed by atoms with Gasteiger partial charge in [0.1, 0.15) is 11.3 Å². The molecule has 1 aromatic carbocycles. The largest absolute Gasteiger partial charge is 0.349 e. The third kappa shape index (κ3) is 3.81. The van der Waals surface area contributed by atoms with Crippen LogP contribution in [0.1, 0.15) is 39.3 Å². The van der Waals surface area contributed by atoms with E-state index in [0.29, 0.717) is 31.5 Å². The van der Waals surface area contributed by atoms with E-state index in [1.54, 1.807) is 11.0 Å². The number of hydrogen-bond donors (Lipinski definition) is 1. The first-order valence-electron chi connectivity index (χ1n) is 10.5. The Labute approximate surface area is 184 Å². The molecule has 0 radical (unpaired) electrons. The molecule has 0 aliphatic carbocycles. The summed E-state index contributed by atoms with van der Waals surface area (Å²) in [5.74, 6) is -0.365. The summed E-state index contributed by atoms with van der Waals surface area (Å²) in [5, 5.41) is 3.34. The van der Waals surface area contributed by atoms with Crippen molar-refractivity contribution in [1.29, 1.82) is 0 Å². The minimum atomic E-state index is -0.496. The fourth-order valence-electron chi connectivity index (χ4n) is 4.05. The number of carbonyl (C=O) groups excluding carboxylic acids is 2. The maximum Gasteiger partial charge on any atom is 0.332 e. The van der Waals surface area contributed by atoms with E-state index < -0.39 is 11.2 Å². The van der Waals surface area contributed by atoms with Gasteiger partial charge in [-0.3, -0.25) is 23.5 Å². The standard InChI is InChI=1S/C23H25N5O4/c1-14-6-4-5-7-16(14)20(29)24-15-10-12-28(13-11-15)22(31)18-9-8-17-19(25-18)26(2)23(32)27(3)21(17)30/h4-9,15H,10-13H2,1-3H3,(H,24,29). The van der Waals surface area contributed by atoms with Gasteiger partial charge >= 0.3 is 5.69 Å². The van der Waals surface area contributed by atoms with Crippen molar-refractivity contribution in [1.82, 2.24) is 24.3 Å². The van der Waals surface area contributed by atoms with Gasteiger partial charge in [-0.15, -0.1) is 0 Å². The number of carbonyl (C=O) groups is 2. The smallest absolute Gasteiger partial charge is 0.332 e. The van der Waals surface area contributed by atoms with Gasteiger partial charge < -0.3 is 10.2 Å². The summed E-state index contributed by atoms with van der Waals surface area (Å²) in [4.78, 5) is 56.0. The van der Waals surface area contributed by atoms with Crippen LogP contribution >= 0.6 is 0 Å². The van der Waals surface area contributed by atoms with Crippen LogP contribution in [-0.2, 0) is 14.1 Å². The van der Waals surface area contributed by atoms with Gasteiger partial charge in [0.05, 0.1) is 5.39 Å². The van der Waals surface area contributed by atoms with E-state index in [4.69, 9.17) is 0 Å². The number of pyridine rings is 1. The fourth-order valence-corrected chi connectivity index (χ4v) is 4.05. The Hall–Kier alpha value is -3.75. The average molecular weight is 435 g/mol. The molecule has 3 heterocycles.